The molecule has 0 aliphatic carbocycles. The quantitative estimate of drug-likeness (QED) is 0.663. The largest absolute Gasteiger partial charge is 0.490 e. The first-order valence-electron chi connectivity index (χ1n) is 6.91. The number of ether oxygens (including phenoxy) is 1. The van der Waals surface area contributed by atoms with Crippen molar-refractivity contribution in [3.63, 3.8) is 0 Å². The van der Waals surface area contributed by atoms with Crippen LogP contribution in [-0.4, -0.2) is 43.1 Å². The Labute approximate surface area is 117 Å². The van der Waals surface area contributed by atoms with Crippen LogP contribution in [0, 0.1) is 22.0 Å². The van der Waals surface area contributed by atoms with E-state index in [2.05, 4.69) is 10.2 Å². The molecule has 0 spiro atoms. The van der Waals surface area contributed by atoms with Gasteiger partial charge in [-0.2, -0.15) is 0 Å². The summed E-state index contributed by atoms with van der Waals surface area (Å²) in [6.45, 7) is 5.14. The first-order chi connectivity index (χ1) is 9.67. The molecule has 2 saturated heterocycles. The van der Waals surface area contributed by atoms with Crippen molar-refractivity contribution in [2.24, 2.45) is 11.8 Å². The van der Waals surface area contributed by atoms with Crippen LogP contribution in [-0.2, 0) is 6.54 Å². The molecule has 20 heavy (non-hydrogen) atoms. The molecule has 6 heteroatoms. The summed E-state index contributed by atoms with van der Waals surface area (Å²) in [5.74, 6) is 1.80. The number of rotatable bonds is 4. The Morgan fingerprint density at radius 1 is 1.40 bits per heavy atom. The van der Waals surface area contributed by atoms with Gasteiger partial charge in [-0.1, -0.05) is 6.07 Å². The average Bonchev–Trinajstić information content (AvgIpc) is 2.99. The van der Waals surface area contributed by atoms with Crippen LogP contribution in [0.4, 0.5) is 5.69 Å². The molecule has 108 valence electrons. The standard InChI is InChI=1S/C14H19N3O3/c1-20-14-3-2-10(4-13(14)17(18)19)7-16-8-11-5-15-6-12(11)9-16/h2-4,11-12,15H,5-9H2,1H3/t11-,12+. The highest BCUT2D eigenvalue weighted by Crippen LogP contribution is 2.30. The average molecular weight is 277 g/mol. The van der Waals surface area contributed by atoms with Crippen LogP contribution >= 0.6 is 0 Å². The molecule has 0 bridgehead atoms. The summed E-state index contributed by atoms with van der Waals surface area (Å²) in [4.78, 5) is 13.0. The maximum Gasteiger partial charge on any atom is 0.311 e. The maximum absolute atomic E-state index is 11.0. The van der Waals surface area contributed by atoms with Gasteiger partial charge in [0.05, 0.1) is 12.0 Å². The second kappa shape index (κ2) is 5.38. The molecule has 1 aromatic carbocycles. The minimum absolute atomic E-state index is 0.0473. The molecule has 0 aromatic heterocycles. The van der Waals surface area contributed by atoms with Crippen LogP contribution < -0.4 is 10.1 Å². The van der Waals surface area contributed by atoms with Crippen molar-refractivity contribution in [2.75, 3.05) is 33.3 Å². The van der Waals surface area contributed by atoms with Crippen molar-refractivity contribution in [1.29, 1.82) is 0 Å². The van der Waals surface area contributed by atoms with Gasteiger partial charge in [0, 0.05) is 25.7 Å². The van der Waals surface area contributed by atoms with E-state index < -0.39 is 0 Å². The smallest absolute Gasteiger partial charge is 0.311 e. The van der Waals surface area contributed by atoms with Crippen LogP contribution in [0.15, 0.2) is 18.2 Å². The summed E-state index contributed by atoms with van der Waals surface area (Å²) in [5, 5.41) is 14.4. The summed E-state index contributed by atoms with van der Waals surface area (Å²) in [5.41, 5.74) is 1.02. The Kier molecular flexibility index (Phi) is 3.58. The van der Waals surface area contributed by atoms with Gasteiger partial charge >= 0.3 is 5.69 Å². The van der Waals surface area contributed by atoms with Crippen LogP contribution in [0.5, 0.6) is 5.75 Å². The van der Waals surface area contributed by atoms with Gasteiger partial charge in [-0.15, -0.1) is 0 Å². The predicted octanol–water partition coefficient (Wildman–Crippen LogP) is 1.25. The monoisotopic (exact) mass is 277 g/mol. The number of methoxy groups -OCH3 is 1. The lowest BCUT2D eigenvalue weighted by Gasteiger charge is -2.17. The van der Waals surface area contributed by atoms with E-state index in [9.17, 15) is 10.1 Å². The highest BCUT2D eigenvalue weighted by atomic mass is 16.6. The van der Waals surface area contributed by atoms with Gasteiger partial charge in [0.1, 0.15) is 0 Å². The second-order valence-corrected chi connectivity index (χ2v) is 5.64. The molecule has 6 nitrogen and oxygen atoms in total. The van der Waals surface area contributed by atoms with E-state index in [0.717, 1.165) is 50.1 Å². The zero-order valence-corrected chi connectivity index (χ0v) is 11.5. The summed E-state index contributed by atoms with van der Waals surface area (Å²) in [6.07, 6.45) is 0. The number of nitro benzene ring substituents is 1. The number of fused-ring (bicyclic) bond motifs is 1. The molecular formula is C14H19N3O3. The molecular weight excluding hydrogens is 258 g/mol. The number of benzene rings is 1. The lowest BCUT2D eigenvalue weighted by Crippen LogP contribution is -2.25. The number of likely N-dealkylation sites (tertiary alicyclic amines) is 1. The molecule has 2 fully saturated rings. The van der Waals surface area contributed by atoms with Gasteiger partial charge in [0.25, 0.3) is 0 Å². The van der Waals surface area contributed by atoms with Gasteiger partial charge in [-0.25, -0.2) is 0 Å². The van der Waals surface area contributed by atoms with Crippen molar-refractivity contribution in [2.45, 2.75) is 6.54 Å². The molecule has 3 rings (SSSR count). The van der Waals surface area contributed by atoms with E-state index in [1.807, 2.05) is 6.07 Å². The van der Waals surface area contributed by atoms with Crippen molar-refractivity contribution in [3.8, 4) is 5.75 Å². The third kappa shape index (κ3) is 2.48. The summed E-state index contributed by atoms with van der Waals surface area (Å²) in [6, 6.07) is 5.23. The fourth-order valence-corrected chi connectivity index (χ4v) is 3.32. The minimum Gasteiger partial charge on any atom is -0.490 e. The van der Waals surface area contributed by atoms with Crippen LogP contribution in [0.25, 0.3) is 0 Å². The van der Waals surface area contributed by atoms with E-state index in [1.165, 1.54) is 7.11 Å². The number of hydrogen-bond donors (Lipinski definition) is 1. The molecule has 2 aliphatic heterocycles. The lowest BCUT2D eigenvalue weighted by molar-refractivity contribution is -0.385. The number of nitro groups is 1. The molecule has 0 radical (unpaired) electrons. The topological polar surface area (TPSA) is 67.6 Å². The van der Waals surface area contributed by atoms with Gasteiger partial charge in [0.2, 0.25) is 0 Å². The van der Waals surface area contributed by atoms with Gasteiger partial charge in [0.15, 0.2) is 5.75 Å². The number of hydrogen-bond acceptors (Lipinski definition) is 5. The van der Waals surface area contributed by atoms with Gasteiger partial charge in [-0.05, 0) is 36.6 Å². The summed E-state index contributed by atoms with van der Waals surface area (Å²) in [7, 11) is 1.46. The first kappa shape index (κ1) is 13.3. The Bertz CT molecular complexity index is 508. The zero-order chi connectivity index (χ0) is 14.1. The molecule has 1 N–H and O–H groups in total. The van der Waals surface area contributed by atoms with Crippen LogP contribution in [0.2, 0.25) is 0 Å². The number of nitrogens with zero attached hydrogens (tertiary/aromatic N) is 2. The van der Waals surface area contributed by atoms with Gasteiger partial charge in [-0.3, -0.25) is 15.0 Å². The molecule has 0 saturated carbocycles. The molecule has 2 aliphatic rings. The lowest BCUT2D eigenvalue weighted by atomic mass is 10.0. The molecule has 2 atom stereocenters. The van der Waals surface area contributed by atoms with Crippen LogP contribution in [0.1, 0.15) is 5.56 Å². The third-order valence-corrected chi connectivity index (χ3v) is 4.31. The third-order valence-electron chi connectivity index (χ3n) is 4.31. The Hall–Kier alpha value is -1.66. The second-order valence-electron chi connectivity index (χ2n) is 5.64. The molecule has 2 heterocycles. The SMILES string of the molecule is COc1ccc(CN2C[C@H]3CNC[C@H]3C2)cc1[N+](=O)[O-]. The van der Waals surface area contributed by atoms with E-state index in [-0.39, 0.29) is 10.6 Å². The van der Waals surface area contributed by atoms with Crippen molar-refractivity contribution in [3.05, 3.63) is 33.9 Å². The van der Waals surface area contributed by atoms with E-state index in [1.54, 1.807) is 12.1 Å². The molecule has 0 amide bonds. The summed E-state index contributed by atoms with van der Waals surface area (Å²) >= 11 is 0. The van der Waals surface area contributed by atoms with E-state index >= 15 is 0 Å². The Morgan fingerprint density at radius 3 is 2.70 bits per heavy atom. The van der Waals surface area contributed by atoms with E-state index in [4.69, 9.17) is 4.74 Å². The van der Waals surface area contributed by atoms with Crippen molar-refractivity contribution in [1.82, 2.24) is 10.2 Å². The highest BCUT2D eigenvalue weighted by Gasteiger charge is 2.35. The number of nitrogens with one attached hydrogen (secondary N) is 1. The Balaban J connectivity index is 1.72. The maximum atomic E-state index is 11.0. The van der Waals surface area contributed by atoms with Crippen molar-refractivity contribution >= 4 is 5.69 Å². The fraction of sp³-hybridized carbons (Fsp3) is 0.571. The van der Waals surface area contributed by atoms with Crippen molar-refractivity contribution < 1.29 is 9.66 Å². The van der Waals surface area contributed by atoms with E-state index in [0.29, 0.717) is 5.75 Å². The highest BCUT2D eigenvalue weighted by molar-refractivity contribution is 5.48. The molecule has 1 aromatic rings. The Morgan fingerprint density at radius 2 is 2.10 bits per heavy atom. The van der Waals surface area contributed by atoms with Crippen LogP contribution in [0.3, 0.4) is 0 Å². The normalized spacial score (nSPS) is 25.6. The first-order valence-corrected chi connectivity index (χ1v) is 6.91. The zero-order valence-electron chi connectivity index (χ0n) is 11.5. The van der Waals surface area contributed by atoms with Gasteiger partial charge < -0.3 is 10.1 Å². The fourth-order valence-electron chi connectivity index (χ4n) is 3.32. The minimum atomic E-state index is -0.384. The predicted molar refractivity (Wildman–Crippen MR) is 74.8 cm³/mol. The summed E-state index contributed by atoms with van der Waals surface area (Å²) < 4.78 is 5.03. The molecule has 0 unspecified atom stereocenters.